The Hall–Kier alpha value is -3.74. The van der Waals surface area contributed by atoms with E-state index in [1.54, 1.807) is 6.07 Å². The molecular weight excluding hydrogens is 425 g/mol. The number of halogens is 3. The second-order valence-corrected chi connectivity index (χ2v) is 7.24. The van der Waals surface area contributed by atoms with Crippen molar-refractivity contribution < 1.29 is 27.9 Å². The highest BCUT2D eigenvalue weighted by molar-refractivity contribution is 5.90. The average molecular weight is 444 g/mol. The Morgan fingerprint density at radius 3 is 2.53 bits per heavy atom. The van der Waals surface area contributed by atoms with Crippen LogP contribution in [0, 0.1) is 11.3 Å². The first-order chi connectivity index (χ1) is 15.2. The number of rotatable bonds is 4. The quantitative estimate of drug-likeness (QED) is 0.655. The number of carboxylic acids is 1. The molecule has 0 aliphatic carbocycles. The molecule has 0 amide bonds. The monoisotopic (exact) mass is 444 g/mol. The number of pyridine rings is 1. The molecule has 0 saturated carbocycles. The number of benzene rings is 1. The number of hydrogen-bond donors (Lipinski definition) is 1. The molecule has 1 unspecified atom stereocenters. The van der Waals surface area contributed by atoms with Gasteiger partial charge in [-0.3, -0.25) is 9.78 Å². The highest BCUT2D eigenvalue weighted by Gasteiger charge is 2.38. The zero-order valence-corrected chi connectivity index (χ0v) is 16.8. The van der Waals surface area contributed by atoms with Crippen LogP contribution in [0.1, 0.15) is 36.0 Å². The largest absolute Gasteiger partial charge is 0.490 e. The van der Waals surface area contributed by atoms with Crippen LogP contribution in [0.25, 0.3) is 10.9 Å². The van der Waals surface area contributed by atoms with Gasteiger partial charge >= 0.3 is 12.1 Å². The van der Waals surface area contributed by atoms with Crippen molar-refractivity contribution in [1.29, 1.82) is 5.26 Å². The summed E-state index contributed by atoms with van der Waals surface area (Å²) in [5, 5.41) is 17.6. The first-order valence-electron chi connectivity index (χ1n) is 9.82. The number of aliphatic carboxylic acids is 1. The second-order valence-electron chi connectivity index (χ2n) is 7.24. The number of carbonyl (C=O) groups is 2. The average Bonchev–Trinajstić information content (AvgIpc) is 3.16. The summed E-state index contributed by atoms with van der Waals surface area (Å²) in [7, 11) is 0. The number of hydrogen-bond acceptors (Lipinski definition) is 5. The van der Waals surface area contributed by atoms with Crippen LogP contribution in [0.3, 0.4) is 0 Å². The number of aryl methyl sites for hydroxylation is 2. The van der Waals surface area contributed by atoms with Crippen molar-refractivity contribution in [3.05, 3.63) is 59.8 Å². The van der Waals surface area contributed by atoms with Crippen molar-refractivity contribution in [2.45, 2.75) is 44.3 Å². The number of nitrogens with zero attached hydrogens (tertiary/aromatic N) is 4. The number of imidazole rings is 1. The molecule has 3 aromatic rings. The SMILES string of the molecule is N#CC(C(=O)Cc1cn2c(n1)CCCC2)c1ccc2ccccc2n1.O=C(O)C(F)(F)F. The van der Waals surface area contributed by atoms with Crippen LogP contribution in [0.4, 0.5) is 13.2 Å². The number of nitriles is 1. The molecule has 7 nitrogen and oxygen atoms in total. The zero-order chi connectivity index (χ0) is 23.3. The topological polar surface area (TPSA) is 109 Å². The van der Waals surface area contributed by atoms with E-state index in [0.717, 1.165) is 48.2 Å². The maximum atomic E-state index is 12.7. The minimum Gasteiger partial charge on any atom is -0.475 e. The van der Waals surface area contributed by atoms with E-state index in [-0.39, 0.29) is 12.2 Å². The van der Waals surface area contributed by atoms with Crippen molar-refractivity contribution in [2.75, 3.05) is 0 Å². The predicted octanol–water partition coefficient (Wildman–Crippen LogP) is 3.82. The van der Waals surface area contributed by atoms with Crippen LogP contribution in [-0.2, 0) is 29.0 Å². The fourth-order valence-corrected chi connectivity index (χ4v) is 3.38. The van der Waals surface area contributed by atoms with Crippen LogP contribution >= 0.6 is 0 Å². The van der Waals surface area contributed by atoms with Crippen LogP contribution in [0.5, 0.6) is 0 Å². The summed E-state index contributed by atoms with van der Waals surface area (Å²) < 4.78 is 33.9. The molecule has 0 radical (unpaired) electrons. The van der Waals surface area contributed by atoms with Gasteiger partial charge in [-0.25, -0.2) is 9.78 Å². The molecular formula is C22H19F3N4O3. The number of para-hydroxylation sites is 1. The van der Waals surface area contributed by atoms with Gasteiger partial charge in [0, 0.05) is 24.5 Å². The van der Waals surface area contributed by atoms with Crippen molar-refractivity contribution in [3.8, 4) is 6.07 Å². The second kappa shape index (κ2) is 9.60. The number of carboxylic acid groups (broad SMARTS) is 1. The lowest BCUT2D eigenvalue weighted by Crippen LogP contribution is -2.21. The maximum Gasteiger partial charge on any atom is 0.490 e. The van der Waals surface area contributed by atoms with E-state index in [1.165, 1.54) is 0 Å². The van der Waals surface area contributed by atoms with Crippen molar-refractivity contribution in [2.24, 2.45) is 0 Å². The van der Waals surface area contributed by atoms with E-state index in [4.69, 9.17) is 9.90 Å². The normalized spacial score (nSPS) is 13.9. The molecule has 1 aliphatic heterocycles. The van der Waals surface area contributed by atoms with Crippen LogP contribution in [0.2, 0.25) is 0 Å². The van der Waals surface area contributed by atoms with Gasteiger partial charge in [-0.2, -0.15) is 18.4 Å². The van der Waals surface area contributed by atoms with Crippen molar-refractivity contribution in [3.63, 3.8) is 0 Å². The van der Waals surface area contributed by atoms with E-state index in [0.29, 0.717) is 5.69 Å². The van der Waals surface area contributed by atoms with Gasteiger partial charge < -0.3 is 9.67 Å². The van der Waals surface area contributed by atoms with Gasteiger partial charge in [0.25, 0.3) is 0 Å². The standard InChI is InChI=1S/C20H18N4O.C2HF3O2/c21-12-16(18-9-8-14-5-1-2-6-17(14)23-18)19(25)11-15-13-24-10-4-3-7-20(24)22-15;3-2(4,5)1(6)7/h1-2,5-6,8-9,13,16H,3-4,7,10-11H2;(H,6,7). The van der Waals surface area contributed by atoms with Gasteiger partial charge in [0.2, 0.25) is 0 Å². The first-order valence-corrected chi connectivity index (χ1v) is 9.82. The number of aromatic nitrogens is 3. The van der Waals surface area contributed by atoms with Crippen molar-refractivity contribution >= 4 is 22.7 Å². The lowest BCUT2D eigenvalue weighted by atomic mass is 9.97. The lowest BCUT2D eigenvalue weighted by molar-refractivity contribution is -0.192. The maximum absolute atomic E-state index is 12.7. The number of Topliss-reactive ketones (excluding diaryl/α,β-unsaturated/α-hetero) is 1. The highest BCUT2D eigenvalue weighted by atomic mass is 19.4. The van der Waals surface area contributed by atoms with Gasteiger partial charge in [-0.1, -0.05) is 24.3 Å². The molecule has 1 aliphatic rings. The minimum atomic E-state index is -5.08. The summed E-state index contributed by atoms with van der Waals surface area (Å²) >= 11 is 0. The Bertz CT molecular complexity index is 1160. The molecule has 4 rings (SSSR count). The summed E-state index contributed by atoms with van der Waals surface area (Å²) in [6.45, 7) is 0.963. The molecule has 0 saturated heterocycles. The predicted molar refractivity (Wildman–Crippen MR) is 108 cm³/mol. The number of fused-ring (bicyclic) bond motifs is 2. The fourth-order valence-electron chi connectivity index (χ4n) is 3.38. The molecule has 0 fully saturated rings. The lowest BCUT2D eigenvalue weighted by Gasteiger charge is -2.11. The molecule has 1 aromatic carbocycles. The summed E-state index contributed by atoms with van der Waals surface area (Å²) in [5.74, 6) is -2.72. The van der Waals surface area contributed by atoms with Gasteiger partial charge in [0.1, 0.15) is 11.7 Å². The summed E-state index contributed by atoms with van der Waals surface area (Å²) in [6.07, 6.45) is 0.300. The van der Waals surface area contributed by atoms with Crippen LogP contribution < -0.4 is 0 Å². The van der Waals surface area contributed by atoms with E-state index in [9.17, 15) is 23.2 Å². The van der Waals surface area contributed by atoms with Gasteiger partial charge in [-0.15, -0.1) is 0 Å². The Labute approximate surface area is 181 Å². The summed E-state index contributed by atoms with van der Waals surface area (Å²) in [5.41, 5.74) is 2.06. The molecule has 10 heteroatoms. The zero-order valence-electron chi connectivity index (χ0n) is 16.8. The van der Waals surface area contributed by atoms with Gasteiger partial charge in [-0.05, 0) is 25.0 Å². The Morgan fingerprint density at radius 1 is 1.16 bits per heavy atom. The number of carbonyl (C=O) groups excluding carboxylic acids is 1. The van der Waals surface area contributed by atoms with Gasteiger partial charge in [0.05, 0.1) is 29.4 Å². The van der Waals surface area contributed by atoms with Crippen LogP contribution in [-0.4, -0.2) is 37.6 Å². The van der Waals surface area contributed by atoms with E-state index < -0.39 is 18.1 Å². The molecule has 32 heavy (non-hydrogen) atoms. The molecule has 2 aromatic heterocycles. The molecule has 3 heterocycles. The third-order valence-corrected chi connectivity index (χ3v) is 4.92. The number of ketones is 1. The molecule has 0 spiro atoms. The molecule has 1 N–H and O–H groups in total. The minimum absolute atomic E-state index is 0.152. The van der Waals surface area contributed by atoms with E-state index in [1.807, 2.05) is 36.5 Å². The smallest absolute Gasteiger partial charge is 0.475 e. The van der Waals surface area contributed by atoms with E-state index in [2.05, 4.69) is 20.6 Å². The Morgan fingerprint density at radius 2 is 1.88 bits per heavy atom. The van der Waals surface area contributed by atoms with Crippen molar-refractivity contribution in [1.82, 2.24) is 14.5 Å². The molecule has 0 bridgehead atoms. The molecule has 1 atom stereocenters. The van der Waals surface area contributed by atoms with Gasteiger partial charge in [0.15, 0.2) is 5.78 Å². The highest BCUT2D eigenvalue weighted by Crippen LogP contribution is 2.21. The summed E-state index contributed by atoms with van der Waals surface area (Å²) in [4.78, 5) is 30.6. The fraction of sp³-hybridized carbons (Fsp3) is 0.318. The van der Waals surface area contributed by atoms with E-state index >= 15 is 0 Å². The third-order valence-electron chi connectivity index (χ3n) is 4.92. The molecule has 166 valence electrons. The van der Waals surface area contributed by atoms with Crippen LogP contribution in [0.15, 0.2) is 42.6 Å². The Balaban J connectivity index is 0.000000360. The Kier molecular flexibility index (Phi) is 6.88. The number of alkyl halides is 3. The summed E-state index contributed by atoms with van der Waals surface area (Å²) in [6, 6.07) is 13.5. The third kappa shape index (κ3) is 5.49. The first kappa shape index (κ1) is 22.9.